The van der Waals surface area contributed by atoms with E-state index >= 15 is 0 Å². The van der Waals surface area contributed by atoms with Gasteiger partial charge < -0.3 is 16.2 Å². The number of carbonyl (C=O) groups excluding carboxylic acids is 1. The Bertz CT molecular complexity index is 458. The van der Waals surface area contributed by atoms with Crippen molar-refractivity contribution in [3.8, 4) is 0 Å². The molecule has 0 radical (unpaired) electrons. The number of nitrogens with two attached hydrogens (primary N) is 1. The quantitative estimate of drug-likeness (QED) is 0.640. The van der Waals surface area contributed by atoms with Gasteiger partial charge in [-0.1, -0.05) is 6.92 Å². The molecule has 0 spiro atoms. The third-order valence-electron chi connectivity index (χ3n) is 3.13. The summed E-state index contributed by atoms with van der Waals surface area (Å²) in [7, 11) is 1.69. The number of carbonyl (C=O) groups is 2. The first-order valence-corrected chi connectivity index (χ1v) is 6.64. The van der Waals surface area contributed by atoms with Gasteiger partial charge in [0.2, 0.25) is 5.91 Å². The summed E-state index contributed by atoms with van der Waals surface area (Å²) in [6.07, 6.45) is 4.87. The minimum Gasteiger partial charge on any atom is -0.479 e. The number of hydrogen-bond acceptors (Lipinski definition) is 4. The summed E-state index contributed by atoms with van der Waals surface area (Å²) < 4.78 is 1.50. The monoisotopic (exact) mass is 282 g/mol. The number of aromatic nitrogens is 2. The number of aryl methyl sites for hydroxylation is 1. The average molecular weight is 282 g/mol. The highest BCUT2D eigenvalue weighted by atomic mass is 16.4. The van der Waals surface area contributed by atoms with E-state index in [1.54, 1.807) is 13.2 Å². The molecule has 20 heavy (non-hydrogen) atoms. The smallest absolute Gasteiger partial charge is 0.331 e. The summed E-state index contributed by atoms with van der Waals surface area (Å²) >= 11 is 0. The molecule has 0 fully saturated rings. The van der Waals surface area contributed by atoms with Gasteiger partial charge in [-0.3, -0.25) is 9.48 Å². The molecule has 0 aromatic carbocycles. The molecule has 0 aliphatic rings. The van der Waals surface area contributed by atoms with Gasteiger partial charge in [-0.2, -0.15) is 5.10 Å². The van der Waals surface area contributed by atoms with Crippen LogP contribution in [0.4, 0.5) is 0 Å². The molecule has 1 amide bonds. The third-order valence-corrected chi connectivity index (χ3v) is 3.13. The zero-order valence-corrected chi connectivity index (χ0v) is 11.9. The van der Waals surface area contributed by atoms with Crippen molar-refractivity contribution >= 4 is 11.9 Å². The van der Waals surface area contributed by atoms with Crippen LogP contribution in [0.1, 0.15) is 37.8 Å². The molecule has 7 nitrogen and oxygen atoms in total. The number of hydrogen-bond donors (Lipinski definition) is 3. The van der Waals surface area contributed by atoms with Gasteiger partial charge in [0.1, 0.15) is 0 Å². The molecule has 1 aromatic rings. The van der Waals surface area contributed by atoms with Crippen molar-refractivity contribution < 1.29 is 14.7 Å². The molecule has 0 saturated heterocycles. The van der Waals surface area contributed by atoms with Gasteiger partial charge >= 0.3 is 5.97 Å². The van der Waals surface area contributed by atoms with Crippen LogP contribution in [-0.4, -0.2) is 33.3 Å². The standard InChI is InChI=1S/C13H22N4O3/c1-9(5-6-14)3-4-11(18)16-12(13(19)20)10-7-15-17(2)8-10/h7-9,12H,3-6,14H2,1-2H3,(H,16,18)(H,19,20). The van der Waals surface area contributed by atoms with E-state index in [9.17, 15) is 14.7 Å². The second-order valence-electron chi connectivity index (χ2n) is 5.01. The highest BCUT2D eigenvalue weighted by Gasteiger charge is 2.23. The molecule has 0 bridgehead atoms. The minimum absolute atomic E-state index is 0.273. The maximum absolute atomic E-state index is 11.8. The number of rotatable bonds is 8. The Hall–Kier alpha value is -1.89. The fraction of sp³-hybridized carbons (Fsp3) is 0.615. The zero-order chi connectivity index (χ0) is 15.1. The largest absolute Gasteiger partial charge is 0.479 e. The Morgan fingerprint density at radius 2 is 2.20 bits per heavy atom. The van der Waals surface area contributed by atoms with Crippen LogP contribution in [-0.2, 0) is 16.6 Å². The van der Waals surface area contributed by atoms with Crippen LogP contribution >= 0.6 is 0 Å². The average Bonchev–Trinajstić information content (AvgIpc) is 2.80. The van der Waals surface area contributed by atoms with Crippen LogP contribution in [0.2, 0.25) is 0 Å². The van der Waals surface area contributed by atoms with Crippen molar-refractivity contribution in [1.82, 2.24) is 15.1 Å². The summed E-state index contributed by atoms with van der Waals surface area (Å²) in [4.78, 5) is 23.0. The molecular weight excluding hydrogens is 260 g/mol. The fourth-order valence-electron chi connectivity index (χ4n) is 1.92. The number of nitrogens with zero attached hydrogens (tertiary/aromatic N) is 2. The van der Waals surface area contributed by atoms with E-state index in [4.69, 9.17) is 5.73 Å². The lowest BCUT2D eigenvalue weighted by molar-refractivity contribution is -0.142. The van der Waals surface area contributed by atoms with Crippen LogP contribution in [0.25, 0.3) is 0 Å². The van der Waals surface area contributed by atoms with Gasteiger partial charge in [-0.25, -0.2) is 4.79 Å². The van der Waals surface area contributed by atoms with Gasteiger partial charge in [0, 0.05) is 25.2 Å². The van der Waals surface area contributed by atoms with Crippen molar-refractivity contribution in [3.63, 3.8) is 0 Å². The predicted molar refractivity (Wildman–Crippen MR) is 73.8 cm³/mol. The van der Waals surface area contributed by atoms with Crippen molar-refractivity contribution in [3.05, 3.63) is 18.0 Å². The Balaban J connectivity index is 2.54. The van der Waals surface area contributed by atoms with Gasteiger partial charge in [0.15, 0.2) is 6.04 Å². The second-order valence-corrected chi connectivity index (χ2v) is 5.01. The van der Waals surface area contributed by atoms with E-state index in [-0.39, 0.29) is 5.91 Å². The van der Waals surface area contributed by atoms with Crippen molar-refractivity contribution in [2.45, 2.75) is 32.2 Å². The Kier molecular flexibility index (Phi) is 6.17. The van der Waals surface area contributed by atoms with E-state index < -0.39 is 12.0 Å². The van der Waals surface area contributed by atoms with Crippen LogP contribution in [0.5, 0.6) is 0 Å². The molecule has 7 heteroatoms. The topological polar surface area (TPSA) is 110 Å². The van der Waals surface area contributed by atoms with Crippen LogP contribution in [0, 0.1) is 5.92 Å². The van der Waals surface area contributed by atoms with E-state index in [2.05, 4.69) is 10.4 Å². The van der Waals surface area contributed by atoms with Crippen LogP contribution < -0.4 is 11.1 Å². The first-order chi connectivity index (χ1) is 9.43. The molecule has 0 aliphatic carbocycles. The molecule has 2 unspecified atom stereocenters. The highest BCUT2D eigenvalue weighted by molar-refractivity contribution is 5.84. The maximum atomic E-state index is 11.8. The molecular formula is C13H22N4O3. The van der Waals surface area contributed by atoms with Crippen LogP contribution in [0.15, 0.2) is 12.4 Å². The lowest BCUT2D eigenvalue weighted by atomic mass is 10.0. The zero-order valence-electron chi connectivity index (χ0n) is 11.9. The van der Waals surface area contributed by atoms with Gasteiger partial charge in [-0.15, -0.1) is 0 Å². The molecule has 4 N–H and O–H groups in total. The Morgan fingerprint density at radius 3 is 2.70 bits per heavy atom. The van der Waals surface area contributed by atoms with E-state index in [1.165, 1.54) is 10.9 Å². The SMILES string of the molecule is CC(CCN)CCC(=O)NC(C(=O)O)c1cnn(C)c1. The first-order valence-electron chi connectivity index (χ1n) is 6.64. The van der Waals surface area contributed by atoms with E-state index in [0.29, 0.717) is 30.9 Å². The fourth-order valence-corrected chi connectivity index (χ4v) is 1.92. The first kappa shape index (κ1) is 16.2. The summed E-state index contributed by atoms with van der Waals surface area (Å²) in [5, 5.41) is 15.6. The van der Waals surface area contributed by atoms with Gasteiger partial charge in [-0.05, 0) is 25.3 Å². The number of carboxylic acid groups (broad SMARTS) is 1. The third kappa shape index (κ3) is 5.00. The Morgan fingerprint density at radius 1 is 1.50 bits per heavy atom. The molecule has 112 valence electrons. The van der Waals surface area contributed by atoms with Crippen LogP contribution in [0.3, 0.4) is 0 Å². The summed E-state index contributed by atoms with van der Waals surface area (Å²) in [6, 6.07) is -1.05. The minimum atomic E-state index is -1.10. The summed E-state index contributed by atoms with van der Waals surface area (Å²) in [5.74, 6) is -1.01. The molecule has 1 heterocycles. The Labute approximate surface area is 118 Å². The van der Waals surface area contributed by atoms with E-state index in [0.717, 1.165) is 6.42 Å². The lowest BCUT2D eigenvalue weighted by Crippen LogP contribution is -2.33. The molecule has 2 atom stereocenters. The maximum Gasteiger partial charge on any atom is 0.331 e. The van der Waals surface area contributed by atoms with Crippen molar-refractivity contribution in [2.24, 2.45) is 18.7 Å². The van der Waals surface area contributed by atoms with Gasteiger partial charge in [0.25, 0.3) is 0 Å². The van der Waals surface area contributed by atoms with Gasteiger partial charge in [0.05, 0.1) is 6.20 Å². The normalized spacial score (nSPS) is 13.8. The van der Waals surface area contributed by atoms with Crippen molar-refractivity contribution in [2.75, 3.05) is 6.54 Å². The molecule has 0 saturated carbocycles. The van der Waals surface area contributed by atoms with Crippen molar-refractivity contribution in [1.29, 1.82) is 0 Å². The highest BCUT2D eigenvalue weighted by Crippen LogP contribution is 2.14. The molecule has 0 aliphatic heterocycles. The number of aliphatic carboxylic acids is 1. The summed E-state index contributed by atoms with van der Waals surface area (Å²) in [6.45, 7) is 2.62. The number of carboxylic acids is 1. The molecule has 1 aromatic heterocycles. The summed E-state index contributed by atoms with van der Waals surface area (Å²) in [5.41, 5.74) is 5.91. The lowest BCUT2D eigenvalue weighted by Gasteiger charge is -2.14. The molecule has 1 rings (SSSR count). The number of amides is 1. The van der Waals surface area contributed by atoms with E-state index in [1.807, 2.05) is 6.92 Å². The second kappa shape index (κ2) is 7.64. The predicted octanol–water partition coefficient (Wildman–Crippen LogP) is 0.427. The number of nitrogens with one attached hydrogen (secondary N) is 1.